The van der Waals surface area contributed by atoms with Crippen LogP contribution in [-0.4, -0.2) is 35.1 Å². The van der Waals surface area contributed by atoms with Crippen molar-refractivity contribution in [3.05, 3.63) is 28.4 Å². The third kappa shape index (κ3) is 3.07. The van der Waals surface area contributed by atoms with Crippen LogP contribution in [0.3, 0.4) is 0 Å². The summed E-state index contributed by atoms with van der Waals surface area (Å²) in [5.74, 6) is -0.0831. The van der Waals surface area contributed by atoms with Gasteiger partial charge in [0.25, 0.3) is 0 Å². The van der Waals surface area contributed by atoms with Crippen molar-refractivity contribution in [3.8, 4) is 0 Å². The van der Waals surface area contributed by atoms with E-state index in [0.29, 0.717) is 12.1 Å². The molecule has 0 radical (unpaired) electrons. The number of hydrogen-bond acceptors (Lipinski definition) is 5. The molecule has 2 fully saturated rings. The summed E-state index contributed by atoms with van der Waals surface area (Å²) in [7, 11) is 0. The first kappa shape index (κ1) is 13.3. The molecule has 2 heterocycles. The molecule has 0 aromatic carbocycles. The van der Waals surface area contributed by atoms with Crippen LogP contribution in [0.15, 0.2) is 18.3 Å². The Morgan fingerprint density at radius 3 is 2.75 bits per heavy atom. The number of anilines is 1. The van der Waals surface area contributed by atoms with Gasteiger partial charge < -0.3 is 20.3 Å². The van der Waals surface area contributed by atoms with Crippen molar-refractivity contribution < 1.29 is 4.92 Å². The molecule has 1 aliphatic heterocycles. The van der Waals surface area contributed by atoms with E-state index in [4.69, 9.17) is 0 Å². The molecule has 1 unspecified atom stereocenters. The summed E-state index contributed by atoms with van der Waals surface area (Å²) in [6.07, 6.45) is 7.82. The van der Waals surface area contributed by atoms with Gasteiger partial charge in [-0.15, -0.1) is 0 Å². The lowest BCUT2D eigenvalue weighted by Gasteiger charge is -2.31. The minimum atomic E-state index is -0.450. The van der Waals surface area contributed by atoms with Crippen LogP contribution in [0.4, 0.5) is 11.5 Å². The van der Waals surface area contributed by atoms with Gasteiger partial charge in [0.1, 0.15) is 0 Å². The summed E-state index contributed by atoms with van der Waals surface area (Å²) >= 11 is 0. The quantitative estimate of drug-likeness (QED) is 0.658. The molecule has 3 rings (SSSR count). The second-order valence-electron chi connectivity index (χ2n) is 5.66. The highest BCUT2D eigenvalue weighted by molar-refractivity contribution is 5.49. The number of aromatic nitrogens is 1. The predicted octanol–water partition coefficient (Wildman–Crippen LogP) is 2.10. The zero-order valence-corrected chi connectivity index (χ0v) is 11.5. The van der Waals surface area contributed by atoms with Gasteiger partial charge in [-0.2, -0.15) is 0 Å². The Hall–Kier alpha value is -1.69. The summed E-state index contributed by atoms with van der Waals surface area (Å²) in [6.45, 7) is 2.08. The van der Waals surface area contributed by atoms with E-state index in [1.165, 1.54) is 38.2 Å². The van der Waals surface area contributed by atoms with E-state index in [-0.39, 0.29) is 5.82 Å². The molecular formula is C14H20N4O2. The number of hydrogen-bond donors (Lipinski definition) is 1. The Labute approximate surface area is 118 Å². The first-order valence-corrected chi connectivity index (χ1v) is 7.34. The average Bonchev–Trinajstić information content (AvgIpc) is 3.30. The van der Waals surface area contributed by atoms with E-state index in [0.717, 1.165) is 18.8 Å². The van der Waals surface area contributed by atoms with Crippen LogP contribution in [0.5, 0.6) is 0 Å². The lowest BCUT2D eigenvalue weighted by atomic mass is 10.0. The third-order valence-electron chi connectivity index (χ3n) is 4.07. The zero-order valence-electron chi connectivity index (χ0n) is 11.5. The van der Waals surface area contributed by atoms with Gasteiger partial charge in [-0.05, 0) is 48.2 Å². The minimum absolute atomic E-state index is 0.0831. The molecule has 0 bridgehead atoms. The highest BCUT2D eigenvalue weighted by Gasteiger charge is 2.32. The fourth-order valence-electron chi connectivity index (χ4n) is 2.82. The highest BCUT2D eigenvalue weighted by atomic mass is 16.6. The first-order chi connectivity index (χ1) is 9.74. The van der Waals surface area contributed by atoms with Crippen LogP contribution in [0.1, 0.15) is 32.1 Å². The largest absolute Gasteiger partial charge is 0.364 e. The molecule has 2 aliphatic rings. The number of rotatable bonds is 5. The fraction of sp³-hybridized carbons (Fsp3) is 0.643. The standard InChI is InChI=1S/C14H20N4O2/c19-18(20)14-7-6-13(9-16-14)17(12-4-5-12)10-11-3-1-2-8-15-11/h6-7,9,11-12,15H,1-5,8,10H2. The smallest absolute Gasteiger partial charge is 0.363 e. The number of nitrogens with one attached hydrogen (secondary N) is 1. The maximum Gasteiger partial charge on any atom is 0.363 e. The summed E-state index contributed by atoms with van der Waals surface area (Å²) in [4.78, 5) is 16.5. The molecule has 0 spiro atoms. The molecule has 108 valence electrons. The first-order valence-electron chi connectivity index (χ1n) is 7.34. The summed E-state index contributed by atoms with van der Waals surface area (Å²) in [6, 6.07) is 4.44. The molecule has 0 amide bonds. The molecule has 1 atom stereocenters. The molecule has 1 saturated heterocycles. The number of nitrogens with zero attached hydrogens (tertiary/aromatic N) is 3. The van der Waals surface area contributed by atoms with E-state index in [9.17, 15) is 10.1 Å². The van der Waals surface area contributed by atoms with Gasteiger partial charge in [0, 0.05) is 24.7 Å². The zero-order chi connectivity index (χ0) is 13.9. The van der Waals surface area contributed by atoms with Gasteiger partial charge >= 0.3 is 5.82 Å². The van der Waals surface area contributed by atoms with E-state index in [1.54, 1.807) is 6.20 Å². The van der Waals surface area contributed by atoms with Gasteiger partial charge in [0.2, 0.25) is 0 Å². The van der Waals surface area contributed by atoms with Crippen molar-refractivity contribution in [1.82, 2.24) is 10.3 Å². The maximum absolute atomic E-state index is 10.7. The summed E-state index contributed by atoms with van der Waals surface area (Å²) in [5, 5.41) is 14.2. The van der Waals surface area contributed by atoms with Crippen LogP contribution < -0.4 is 10.2 Å². The minimum Gasteiger partial charge on any atom is -0.364 e. The van der Waals surface area contributed by atoms with Crippen LogP contribution >= 0.6 is 0 Å². The molecule has 1 aliphatic carbocycles. The third-order valence-corrected chi connectivity index (χ3v) is 4.07. The maximum atomic E-state index is 10.7. The lowest BCUT2D eigenvalue weighted by molar-refractivity contribution is -0.389. The van der Waals surface area contributed by atoms with Gasteiger partial charge in [0.15, 0.2) is 6.20 Å². The Balaban J connectivity index is 1.71. The van der Waals surface area contributed by atoms with Crippen molar-refractivity contribution in [1.29, 1.82) is 0 Å². The molecule has 1 aromatic rings. The SMILES string of the molecule is O=[N+]([O-])c1ccc(N(CC2CCCCN2)C2CC2)cn1. The van der Waals surface area contributed by atoms with Gasteiger partial charge in [0.05, 0.1) is 5.69 Å². The van der Waals surface area contributed by atoms with Crippen molar-refractivity contribution in [3.63, 3.8) is 0 Å². The molecule has 6 heteroatoms. The number of pyridine rings is 1. The number of nitro groups is 1. The highest BCUT2D eigenvalue weighted by Crippen LogP contribution is 2.32. The van der Waals surface area contributed by atoms with Crippen molar-refractivity contribution in [2.45, 2.75) is 44.2 Å². The van der Waals surface area contributed by atoms with Gasteiger partial charge in [-0.1, -0.05) is 6.42 Å². The monoisotopic (exact) mass is 276 g/mol. The molecule has 6 nitrogen and oxygen atoms in total. The normalized spacial score (nSPS) is 22.5. The lowest BCUT2D eigenvalue weighted by Crippen LogP contribution is -2.44. The second-order valence-corrected chi connectivity index (χ2v) is 5.66. The Morgan fingerprint density at radius 2 is 2.20 bits per heavy atom. The molecule has 1 saturated carbocycles. The van der Waals surface area contributed by atoms with Gasteiger partial charge in [-0.3, -0.25) is 0 Å². The van der Waals surface area contributed by atoms with Gasteiger partial charge in [-0.25, -0.2) is 0 Å². The average molecular weight is 276 g/mol. The van der Waals surface area contributed by atoms with Crippen LogP contribution in [-0.2, 0) is 0 Å². The predicted molar refractivity (Wildman–Crippen MR) is 76.9 cm³/mol. The summed E-state index contributed by atoms with van der Waals surface area (Å²) < 4.78 is 0. The topological polar surface area (TPSA) is 71.3 Å². The van der Waals surface area contributed by atoms with E-state index >= 15 is 0 Å². The van der Waals surface area contributed by atoms with Crippen molar-refractivity contribution >= 4 is 11.5 Å². The van der Waals surface area contributed by atoms with E-state index in [2.05, 4.69) is 15.2 Å². The van der Waals surface area contributed by atoms with Crippen LogP contribution in [0, 0.1) is 10.1 Å². The summed E-state index contributed by atoms with van der Waals surface area (Å²) in [5.41, 5.74) is 1.01. The van der Waals surface area contributed by atoms with Crippen molar-refractivity contribution in [2.75, 3.05) is 18.0 Å². The Kier molecular flexibility index (Phi) is 3.82. The fourth-order valence-corrected chi connectivity index (χ4v) is 2.82. The van der Waals surface area contributed by atoms with Crippen LogP contribution in [0.2, 0.25) is 0 Å². The molecule has 1 aromatic heterocycles. The van der Waals surface area contributed by atoms with Crippen LogP contribution in [0.25, 0.3) is 0 Å². The second kappa shape index (κ2) is 5.75. The Bertz CT molecular complexity index is 467. The molecular weight excluding hydrogens is 256 g/mol. The number of piperidine rings is 1. The Morgan fingerprint density at radius 1 is 1.35 bits per heavy atom. The van der Waals surface area contributed by atoms with E-state index < -0.39 is 4.92 Å². The molecule has 1 N–H and O–H groups in total. The van der Waals surface area contributed by atoms with Crippen molar-refractivity contribution in [2.24, 2.45) is 0 Å². The molecule has 20 heavy (non-hydrogen) atoms. The van der Waals surface area contributed by atoms with E-state index in [1.807, 2.05) is 6.07 Å².